The van der Waals surface area contributed by atoms with Crippen LogP contribution in [0.4, 0.5) is 5.69 Å². The molecule has 0 saturated heterocycles. The van der Waals surface area contributed by atoms with Gasteiger partial charge in [0.25, 0.3) is 0 Å². The molecule has 158 valence electrons. The first-order valence-corrected chi connectivity index (χ1v) is 12.0. The minimum Gasteiger partial charge on any atom is -0.598 e. The molecular weight excluding hydrogens is 426 g/mol. The summed E-state index contributed by atoms with van der Waals surface area (Å²) in [6, 6.07) is 5.71. The van der Waals surface area contributed by atoms with Gasteiger partial charge >= 0.3 is 0 Å². The van der Waals surface area contributed by atoms with Crippen molar-refractivity contribution >= 4 is 50.2 Å². The largest absolute Gasteiger partial charge is 0.598 e. The molecule has 5 nitrogen and oxygen atoms in total. The first kappa shape index (κ1) is 22.4. The van der Waals surface area contributed by atoms with E-state index in [1.54, 1.807) is 17.6 Å². The van der Waals surface area contributed by atoms with E-state index < -0.39 is 11.4 Å². The molecular formula is C21H28ClN3O2S2. The van der Waals surface area contributed by atoms with Gasteiger partial charge in [-0.15, -0.1) is 16.1 Å². The number of fused-ring (bicyclic) bond motifs is 1. The van der Waals surface area contributed by atoms with Gasteiger partial charge in [-0.25, -0.2) is 4.98 Å². The Morgan fingerprint density at radius 3 is 2.69 bits per heavy atom. The number of halogens is 1. The van der Waals surface area contributed by atoms with Crippen molar-refractivity contribution in [3.05, 3.63) is 45.8 Å². The number of aromatic nitrogens is 1. The van der Waals surface area contributed by atoms with Crippen LogP contribution >= 0.6 is 22.9 Å². The third-order valence-electron chi connectivity index (χ3n) is 4.92. The van der Waals surface area contributed by atoms with Crippen LogP contribution in [0.15, 0.2) is 28.9 Å². The van der Waals surface area contributed by atoms with Gasteiger partial charge in [0.1, 0.15) is 15.7 Å². The number of pyridine rings is 1. The monoisotopic (exact) mass is 453 g/mol. The molecule has 3 heterocycles. The fourth-order valence-corrected chi connectivity index (χ4v) is 5.48. The van der Waals surface area contributed by atoms with Gasteiger partial charge in [-0.1, -0.05) is 18.5 Å². The molecule has 3 aromatic rings. The highest BCUT2D eigenvalue weighted by atomic mass is 35.5. The standard InChI is InChI=1S/C21H28ClN3O2S2/c1-12(14(3)25-29(26)21(4,5)6)19-13(2)18-20(28-19)16(10-17(22)24-18)23-11-15-8-7-9-27-15/h7-10,12,14,25H,11H2,1-6H3,(H,23,24)/t12-,14+,29-/m1/s1. The summed E-state index contributed by atoms with van der Waals surface area (Å²) in [5.41, 5.74) is 2.98. The molecule has 0 aliphatic carbocycles. The lowest BCUT2D eigenvalue weighted by Gasteiger charge is -2.28. The van der Waals surface area contributed by atoms with E-state index in [9.17, 15) is 4.55 Å². The molecule has 0 radical (unpaired) electrons. The van der Waals surface area contributed by atoms with Gasteiger partial charge < -0.3 is 14.3 Å². The summed E-state index contributed by atoms with van der Waals surface area (Å²) in [4.78, 5) is 5.80. The maximum Gasteiger partial charge on any atom is 0.136 e. The molecule has 0 aliphatic rings. The molecule has 0 spiro atoms. The zero-order chi connectivity index (χ0) is 21.3. The molecule has 0 saturated carbocycles. The first-order valence-electron chi connectivity index (χ1n) is 9.61. The average Bonchev–Trinajstić information content (AvgIpc) is 3.27. The topological polar surface area (TPSA) is 73.2 Å². The molecule has 0 aliphatic heterocycles. The van der Waals surface area contributed by atoms with Crippen LogP contribution < -0.4 is 10.0 Å². The smallest absolute Gasteiger partial charge is 0.136 e. The summed E-state index contributed by atoms with van der Waals surface area (Å²) in [7, 11) is 0. The van der Waals surface area contributed by atoms with E-state index in [1.807, 2.05) is 39.0 Å². The summed E-state index contributed by atoms with van der Waals surface area (Å²) in [5.74, 6) is 1.03. The van der Waals surface area contributed by atoms with Crippen molar-refractivity contribution < 1.29 is 8.97 Å². The van der Waals surface area contributed by atoms with Crippen LogP contribution in [-0.2, 0) is 17.9 Å². The number of furan rings is 1. The Kier molecular flexibility index (Phi) is 6.85. The van der Waals surface area contributed by atoms with Gasteiger partial charge in [-0.05, 0) is 52.3 Å². The molecule has 29 heavy (non-hydrogen) atoms. The highest BCUT2D eigenvalue weighted by Crippen LogP contribution is 2.40. The van der Waals surface area contributed by atoms with Gasteiger partial charge in [-0.3, -0.25) is 0 Å². The van der Waals surface area contributed by atoms with Crippen molar-refractivity contribution in [1.29, 1.82) is 0 Å². The second-order valence-electron chi connectivity index (χ2n) is 8.27. The molecule has 0 amide bonds. The number of hydrogen-bond donors (Lipinski definition) is 2. The number of aryl methyl sites for hydroxylation is 1. The van der Waals surface area contributed by atoms with E-state index >= 15 is 0 Å². The number of thiophene rings is 1. The van der Waals surface area contributed by atoms with Crippen LogP contribution in [-0.4, -0.2) is 20.3 Å². The van der Waals surface area contributed by atoms with Crippen LogP contribution in [0, 0.1) is 6.92 Å². The van der Waals surface area contributed by atoms with Crippen molar-refractivity contribution in [2.75, 3.05) is 5.32 Å². The summed E-state index contributed by atoms with van der Waals surface area (Å²) < 4.78 is 22.0. The highest BCUT2D eigenvalue weighted by Gasteiger charge is 2.31. The molecule has 8 heteroatoms. The number of rotatable bonds is 7. The van der Waals surface area contributed by atoms with Gasteiger partial charge in [0.2, 0.25) is 0 Å². The van der Waals surface area contributed by atoms with E-state index in [2.05, 4.69) is 35.8 Å². The molecule has 3 rings (SSSR count). The average molecular weight is 454 g/mol. The fraction of sp³-hybridized carbons (Fsp3) is 0.476. The molecule has 0 aromatic carbocycles. The lowest BCUT2D eigenvalue weighted by atomic mass is 9.99. The predicted octanol–water partition coefficient (Wildman–Crippen LogP) is 6.01. The van der Waals surface area contributed by atoms with Gasteiger partial charge in [0, 0.05) is 28.2 Å². The Morgan fingerprint density at radius 2 is 2.07 bits per heavy atom. The fourth-order valence-electron chi connectivity index (χ4n) is 3.00. The summed E-state index contributed by atoms with van der Waals surface area (Å²) in [5, 5.41) is 3.88. The molecule has 2 N–H and O–H groups in total. The van der Waals surface area contributed by atoms with Crippen LogP contribution in [0.1, 0.15) is 56.7 Å². The number of hydrogen-bond acceptors (Lipinski definition) is 6. The predicted molar refractivity (Wildman–Crippen MR) is 124 cm³/mol. The maximum atomic E-state index is 12.5. The van der Waals surface area contributed by atoms with E-state index in [0.717, 1.165) is 27.2 Å². The van der Waals surface area contributed by atoms with Gasteiger partial charge in [-0.2, -0.15) is 0 Å². The third-order valence-corrected chi connectivity index (χ3v) is 8.33. The minimum atomic E-state index is -1.12. The summed E-state index contributed by atoms with van der Waals surface area (Å²) in [6.45, 7) is 12.8. The molecule has 3 atom stereocenters. The maximum absolute atomic E-state index is 12.5. The van der Waals surface area contributed by atoms with Crippen LogP contribution in [0.2, 0.25) is 5.15 Å². The summed E-state index contributed by atoms with van der Waals surface area (Å²) >= 11 is 6.90. The number of nitrogens with zero attached hydrogens (tertiary/aromatic N) is 1. The Balaban J connectivity index is 1.89. The number of nitrogens with one attached hydrogen (secondary N) is 2. The van der Waals surface area contributed by atoms with Crippen LogP contribution in [0.5, 0.6) is 0 Å². The Hall–Kier alpha value is -1.25. The van der Waals surface area contributed by atoms with Crippen molar-refractivity contribution in [3.8, 4) is 0 Å². The highest BCUT2D eigenvalue weighted by molar-refractivity contribution is 7.90. The quantitative estimate of drug-likeness (QED) is 0.338. The van der Waals surface area contributed by atoms with Crippen LogP contribution in [0.25, 0.3) is 10.2 Å². The van der Waals surface area contributed by atoms with Crippen LogP contribution in [0.3, 0.4) is 0 Å². The van der Waals surface area contributed by atoms with E-state index in [0.29, 0.717) is 11.7 Å². The van der Waals surface area contributed by atoms with E-state index in [-0.39, 0.29) is 16.7 Å². The number of anilines is 1. The lowest BCUT2D eigenvalue weighted by Crippen LogP contribution is -2.45. The molecule has 0 bridgehead atoms. The van der Waals surface area contributed by atoms with Crippen molar-refractivity contribution in [2.24, 2.45) is 0 Å². The summed E-state index contributed by atoms with van der Waals surface area (Å²) in [6.07, 6.45) is 1.66. The molecule has 0 unspecified atom stereocenters. The second-order valence-corrected chi connectivity index (χ2v) is 11.7. The minimum absolute atomic E-state index is 0.0526. The zero-order valence-electron chi connectivity index (χ0n) is 17.6. The lowest BCUT2D eigenvalue weighted by molar-refractivity contribution is 0.504. The SMILES string of the molecule is Cc1c([C@H](C)[C@H](C)N[S@+]([O-])C(C)(C)C)sc2c(NCc3ccco3)cc(Cl)nc12. The van der Waals surface area contributed by atoms with Gasteiger partial charge in [0.15, 0.2) is 0 Å². The second kappa shape index (κ2) is 8.86. The van der Waals surface area contributed by atoms with Crippen molar-refractivity contribution in [2.45, 2.75) is 64.8 Å². The van der Waals surface area contributed by atoms with E-state index in [1.165, 1.54) is 4.88 Å². The Labute approximate surface area is 184 Å². The third kappa shape index (κ3) is 5.09. The first-order chi connectivity index (χ1) is 13.6. The van der Waals surface area contributed by atoms with Crippen molar-refractivity contribution in [1.82, 2.24) is 9.71 Å². The van der Waals surface area contributed by atoms with E-state index in [4.69, 9.17) is 16.0 Å². The van der Waals surface area contributed by atoms with Gasteiger partial charge in [0.05, 0.1) is 34.8 Å². The molecule has 0 fully saturated rings. The molecule has 3 aromatic heterocycles. The van der Waals surface area contributed by atoms with Crippen molar-refractivity contribution in [3.63, 3.8) is 0 Å². The zero-order valence-corrected chi connectivity index (χ0v) is 20.0. The normalized spacial score (nSPS) is 15.4. The Morgan fingerprint density at radius 1 is 1.34 bits per heavy atom. The Bertz CT molecular complexity index is 967.